The highest BCUT2D eigenvalue weighted by Gasteiger charge is 2.22. The predicted octanol–water partition coefficient (Wildman–Crippen LogP) is 3.76. The van der Waals surface area contributed by atoms with Crippen molar-refractivity contribution < 1.29 is 18.7 Å². The van der Waals surface area contributed by atoms with E-state index in [-0.39, 0.29) is 27.0 Å². The zero-order valence-electron chi connectivity index (χ0n) is 10.6. The average molecular weight is 312 g/mol. The van der Waals surface area contributed by atoms with Gasteiger partial charge in [-0.15, -0.1) is 0 Å². The molecule has 0 atom stereocenters. The van der Waals surface area contributed by atoms with Gasteiger partial charge in [0.05, 0.1) is 16.2 Å². The molecular weight excluding hydrogens is 304 g/mol. The molecule has 3 rings (SSSR count). The van der Waals surface area contributed by atoms with Crippen molar-refractivity contribution in [2.24, 2.45) is 0 Å². The highest BCUT2D eigenvalue weighted by molar-refractivity contribution is 6.31. The molecule has 0 radical (unpaired) electrons. The second-order valence-electron chi connectivity index (χ2n) is 4.46. The van der Waals surface area contributed by atoms with E-state index >= 15 is 0 Å². The van der Waals surface area contributed by atoms with Crippen LogP contribution in [0.1, 0.15) is 0 Å². The van der Waals surface area contributed by atoms with Crippen LogP contribution in [0.15, 0.2) is 18.3 Å². The number of aromatic amines is 1. The van der Waals surface area contributed by atoms with Gasteiger partial charge >= 0.3 is 6.09 Å². The number of pyridine rings is 1. The van der Waals surface area contributed by atoms with Crippen LogP contribution in [-0.4, -0.2) is 28.2 Å². The molecule has 0 unspecified atom stereocenters. The highest BCUT2D eigenvalue weighted by atomic mass is 35.5. The zero-order valence-corrected chi connectivity index (χ0v) is 11.4. The van der Waals surface area contributed by atoms with Crippen LogP contribution >= 0.6 is 11.6 Å². The standard InChI is InChI=1S/C13H8ClF2N3O2/c1-19(13(20)21)8-3-7(15)10(16)9-6-2-5(14)4-17-12(6)18-11(8)9/h2-4H,1H3,(H,17,18)(H,20,21). The van der Waals surface area contributed by atoms with E-state index < -0.39 is 17.7 Å². The number of carbonyl (C=O) groups is 1. The number of hydrogen-bond donors (Lipinski definition) is 2. The third kappa shape index (κ3) is 1.97. The minimum absolute atomic E-state index is 0.00878. The van der Waals surface area contributed by atoms with E-state index in [1.807, 2.05) is 0 Å². The Morgan fingerprint density at radius 2 is 2.14 bits per heavy atom. The molecule has 0 aliphatic carbocycles. The van der Waals surface area contributed by atoms with Gasteiger partial charge in [-0.05, 0) is 6.07 Å². The van der Waals surface area contributed by atoms with Crippen LogP contribution in [-0.2, 0) is 0 Å². The summed E-state index contributed by atoms with van der Waals surface area (Å²) in [5.74, 6) is -2.23. The molecule has 5 nitrogen and oxygen atoms in total. The number of benzene rings is 1. The molecule has 1 amide bonds. The van der Waals surface area contributed by atoms with E-state index in [2.05, 4.69) is 9.97 Å². The van der Waals surface area contributed by atoms with Gasteiger partial charge in [0.1, 0.15) is 5.65 Å². The number of aromatic nitrogens is 2. The smallest absolute Gasteiger partial charge is 0.411 e. The summed E-state index contributed by atoms with van der Waals surface area (Å²) in [5.41, 5.74) is 0.424. The molecule has 2 heterocycles. The Balaban J connectivity index is 2.49. The minimum atomic E-state index is -1.30. The number of amides is 1. The Morgan fingerprint density at radius 1 is 1.43 bits per heavy atom. The molecule has 2 aromatic heterocycles. The molecule has 0 aliphatic heterocycles. The molecule has 1 aromatic carbocycles. The third-order valence-corrected chi connectivity index (χ3v) is 3.42. The van der Waals surface area contributed by atoms with Gasteiger partial charge in [0.25, 0.3) is 0 Å². The van der Waals surface area contributed by atoms with E-state index in [1.54, 1.807) is 0 Å². The number of nitrogens with one attached hydrogen (secondary N) is 1. The first-order valence-corrected chi connectivity index (χ1v) is 6.19. The summed E-state index contributed by atoms with van der Waals surface area (Å²) in [6.07, 6.45) is 0.0562. The number of anilines is 1. The van der Waals surface area contributed by atoms with Crippen LogP contribution in [0.3, 0.4) is 0 Å². The third-order valence-electron chi connectivity index (χ3n) is 3.21. The summed E-state index contributed by atoms with van der Waals surface area (Å²) in [6, 6.07) is 2.26. The topological polar surface area (TPSA) is 69.2 Å². The fraction of sp³-hybridized carbons (Fsp3) is 0.0769. The Morgan fingerprint density at radius 3 is 2.81 bits per heavy atom. The number of nitrogens with zero attached hydrogens (tertiary/aromatic N) is 2. The van der Waals surface area contributed by atoms with Crippen LogP contribution in [0.25, 0.3) is 21.9 Å². The lowest BCUT2D eigenvalue weighted by molar-refractivity contribution is 0.203. The molecule has 0 saturated carbocycles. The number of hydrogen-bond acceptors (Lipinski definition) is 2. The van der Waals surface area contributed by atoms with E-state index in [0.29, 0.717) is 5.65 Å². The fourth-order valence-corrected chi connectivity index (χ4v) is 2.37. The molecule has 0 bridgehead atoms. The number of carboxylic acid groups (broad SMARTS) is 1. The zero-order chi connectivity index (χ0) is 15.3. The van der Waals surface area contributed by atoms with Crippen molar-refractivity contribution >= 4 is 45.3 Å². The number of fused-ring (bicyclic) bond motifs is 3. The first-order chi connectivity index (χ1) is 9.90. The molecule has 3 aromatic rings. The van der Waals surface area contributed by atoms with Crippen molar-refractivity contribution in [3.05, 3.63) is 35.0 Å². The van der Waals surface area contributed by atoms with E-state index in [4.69, 9.17) is 16.7 Å². The van der Waals surface area contributed by atoms with Crippen molar-refractivity contribution in [3.63, 3.8) is 0 Å². The van der Waals surface area contributed by atoms with Gasteiger partial charge in [-0.2, -0.15) is 0 Å². The summed E-state index contributed by atoms with van der Waals surface area (Å²) in [6.45, 7) is 0. The summed E-state index contributed by atoms with van der Waals surface area (Å²) in [7, 11) is 1.24. The monoisotopic (exact) mass is 311 g/mol. The summed E-state index contributed by atoms with van der Waals surface area (Å²) in [4.78, 5) is 18.6. The largest absolute Gasteiger partial charge is 0.465 e. The van der Waals surface area contributed by atoms with Gasteiger partial charge in [0, 0.05) is 30.1 Å². The Hall–Kier alpha value is -2.41. The van der Waals surface area contributed by atoms with Crippen LogP contribution in [0, 0.1) is 11.6 Å². The van der Waals surface area contributed by atoms with Crippen molar-refractivity contribution in [1.82, 2.24) is 9.97 Å². The van der Waals surface area contributed by atoms with Crippen LogP contribution < -0.4 is 4.90 Å². The lowest BCUT2D eigenvalue weighted by atomic mass is 10.1. The van der Waals surface area contributed by atoms with Crippen LogP contribution in [0.5, 0.6) is 0 Å². The van der Waals surface area contributed by atoms with Gasteiger partial charge in [-0.3, -0.25) is 4.90 Å². The molecule has 108 valence electrons. The Kier molecular flexibility index (Phi) is 2.94. The lowest BCUT2D eigenvalue weighted by Crippen LogP contribution is -2.24. The average Bonchev–Trinajstić information content (AvgIpc) is 2.80. The first-order valence-electron chi connectivity index (χ1n) is 5.81. The molecule has 0 aliphatic rings. The molecule has 0 spiro atoms. The Bertz CT molecular complexity index is 894. The van der Waals surface area contributed by atoms with Crippen molar-refractivity contribution in [2.75, 3.05) is 11.9 Å². The minimum Gasteiger partial charge on any atom is -0.465 e. The Labute approximate surface area is 121 Å². The highest BCUT2D eigenvalue weighted by Crippen LogP contribution is 2.35. The summed E-state index contributed by atoms with van der Waals surface area (Å²) >= 11 is 5.82. The number of H-pyrrole nitrogens is 1. The normalized spacial score (nSPS) is 11.2. The fourth-order valence-electron chi connectivity index (χ4n) is 2.21. The quantitative estimate of drug-likeness (QED) is 0.719. The molecular formula is C13H8ClF2N3O2. The van der Waals surface area contributed by atoms with E-state index in [1.165, 1.54) is 19.3 Å². The van der Waals surface area contributed by atoms with E-state index in [9.17, 15) is 13.6 Å². The molecule has 0 fully saturated rings. The van der Waals surface area contributed by atoms with Crippen LogP contribution in [0.4, 0.5) is 19.3 Å². The molecule has 8 heteroatoms. The maximum absolute atomic E-state index is 14.1. The van der Waals surface area contributed by atoms with Crippen molar-refractivity contribution in [3.8, 4) is 0 Å². The maximum atomic E-state index is 14.1. The van der Waals surface area contributed by atoms with Gasteiger partial charge in [-0.1, -0.05) is 11.6 Å². The van der Waals surface area contributed by atoms with Crippen molar-refractivity contribution in [2.45, 2.75) is 0 Å². The van der Waals surface area contributed by atoms with Gasteiger partial charge in [0.2, 0.25) is 0 Å². The maximum Gasteiger partial charge on any atom is 0.411 e. The van der Waals surface area contributed by atoms with Gasteiger partial charge in [0.15, 0.2) is 11.6 Å². The molecule has 21 heavy (non-hydrogen) atoms. The van der Waals surface area contributed by atoms with E-state index in [0.717, 1.165) is 11.0 Å². The summed E-state index contributed by atoms with van der Waals surface area (Å²) < 4.78 is 27.9. The SMILES string of the molecule is CN(C(=O)O)c1cc(F)c(F)c2c1[nH]c1ncc(Cl)cc12. The van der Waals surface area contributed by atoms with Gasteiger partial charge < -0.3 is 10.1 Å². The number of rotatable bonds is 1. The lowest BCUT2D eigenvalue weighted by Gasteiger charge is -2.14. The van der Waals surface area contributed by atoms with Crippen molar-refractivity contribution in [1.29, 1.82) is 0 Å². The molecule has 0 saturated heterocycles. The first kappa shape index (κ1) is 13.6. The summed E-state index contributed by atoms with van der Waals surface area (Å²) in [5, 5.41) is 9.50. The molecule has 2 N–H and O–H groups in total. The number of halogens is 3. The predicted molar refractivity (Wildman–Crippen MR) is 75.0 cm³/mol. The second-order valence-corrected chi connectivity index (χ2v) is 4.89. The van der Waals surface area contributed by atoms with Crippen LogP contribution in [0.2, 0.25) is 5.02 Å². The second kappa shape index (κ2) is 4.56. The van der Waals surface area contributed by atoms with Gasteiger partial charge in [-0.25, -0.2) is 18.6 Å².